The van der Waals surface area contributed by atoms with Gasteiger partial charge < -0.3 is 14.8 Å². The van der Waals surface area contributed by atoms with E-state index in [1.54, 1.807) is 18.2 Å². The number of aromatic carboxylic acids is 1. The second-order valence-electron chi connectivity index (χ2n) is 5.95. The van der Waals surface area contributed by atoms with Crippen LogP contribution in [0.2, 0.25) is 0 Å². The van der Waals surface area contributed by atoms with E-state index in [0.29, 0.717) is 37.2 Å². The highest BCUT2D eigenvalue weighted by molar-refractivity contribution is 5.94. The summed E-state index contributed by atoms with van der Waals surface area (Å²) in [6, 6.07) is 6.72. The van der Waals surface area contributed by atoms with Gasteiger partial charge in [0, 0.05) is 24.0 Å². The second kappa shape index (κ2) is 6.35. The molecule has 0 saturated carbocycles. The van der Waals surface area contributed by atoms with Crippen LogP contribution in [0.3, 0.4) is 0 Å². The van der Waals surface area contributed by atoms with Crippen LogP contribution in [0.5, 0.6) is 5.75 Å². The minimum atomic E-state index is -4.17. The number of carboxylic acid groups (broad SMARTS) is 1. The number of fused-ring (bicyclic) bond motifs is 1. The summed E-state index contributed by atoms with van der Waals surface area (Å²) in [5.41, 5.74) is 0.794. The molecule has 24 heavy (non-hydrogen) atoms. The van der Waals surface area contributed by atoms with Crippen molar-refractivity contribution in [3.8, 4) is 5.75 Å². The van der Waals surface area contributed by atoms with Gasteiger partial charge in [-0.15, -0.1) is 0 Å². The van der Waals surface area contributed by atoms with Gasteiger partial charge in [0.1, 0.15) is 17.5 Å². The van der Waals surface area contributed by atoms with Gasteiger partial charge >= 0.3 is 12.1 Å². The number of halogens is 3. The molecule has 1 fully saturated rings. The molecular formula is C16H17F3N2O3. The van der Waals surface area contributed by atoms with E-state index in [9.17, 15) is 18.0 Å². The predicted molar refractivity (Wildman–Crippen MR) is 81.4 cm³/mol. The summed E-state index contributed by atoms with van der Waals surface area (Å²) in [5.74, 6) is -0.446. The van der Waals surface area contributed by atoms with Crippen molar-refractivity contribution in [2.75, 3.05) is 19.6 Å². The lowest BCUT2D eigenvalue weighted by atomic mass is 10.1. The third-order valence-electron chi connectivity index (χ3n) is 4.06. The number of hydrogen-bond acceptors (Lipinski definition) is 3. The molecule has 1 aromatic heterocycles. The summed E-state index contributed by atoms with van der Waals surface area (Å²) in [4.78, 5) is 15.1. The van der Waals surface area contributed by atoms with Gasteiger partial charge in [0.05, 0.1) is 6.54 Å². The van der Waals surface area contributed by atoms with Crippen LogP contribution in [0.4, 0.5) is 13.2 Å². The van der Waals surface area contributed by atoms with Crippen LogP contribution in [0.1, 0.15) is 23.3 Å². The normalized spacial score (nSPS) is 17.3. The molecule has 2 aromatic rings. The van der Waals surface area contributed by atoms with E-state index in [2.05, 4.69) is 4.98 Å². The number of carboxylic acids is 1. The van der Waals surface area contributed by atoms with Crippen LogP contribution in [0.25, 0.3) is 10.9 Å². The molecular weight excluding hydrogens is 325 g/mol. The molecule has 1 aliphatic rings. The number of ether oxygens (including phenoxy) is 1. The summed E-state index contributed by atoms with van der Waals surface area (Å²) in [7, 11) is 0. The van der Waals surface area contributed by atoms with Gasteiger partial charge in [-0.25, -0.2) is 4.79 Å². The lowest BCUT2D eigenvalue weighted by Crippen LogP contribution is -2.42. The van der Waals surface area contributed by atoms with Crippen LogP contribution in [-0.4, -0.2) is 52.9 Å². The molecule has 2 heterocycles. The zero-order chi connectivity index (χ0) is 17.3. The largest absolute Gasteiger partial charge is 0.490 e. The number of H-pyrrole nitrogens is 1. The maximum atomic E-state index is 12.4. The Balaban J connectivity index is 1.61. The number of hydrogen-bond donors (Lipinski definition) is 2. The van der Waals surface area contributed by atoms with E-state index >= 15 is 0 Å². The fourth-order valence-electron chi connectivity index (χ4n) is 2.93. The van der Waals surface area contributed by atoms with Crippen LogP contribution < -0.4 is 4.74 Å². The third-order valence-corrected chi connectivity index (χ3v) is 4.06. The standard InChI is InChI=1S/C16H17F3N2O3/c17-16(18,19)9-21-5-3-11(4-6-21)24-12-1-2-13-10(7-12)8-14(20-13)15(22)23/h1-2,7-8,11,20H,3-6,9H2,(H,22,23). The van der Waals surface area contributed by atoms with Crippen molar-refractivity contribution >= 4 is 16.9 Å². The number of alkyl halides is 3. The second-order valence-corrected chi connectivity index (χ2v) is 5.95. The third kappa shape index (κ3) is 4.00. The first kappa shape index (κ1) is 16.6. The first-order valence-electron chi connectivity index (χ1n) is 7.62. The Morgan fingerprint density at radius 2 is 2.00 bits per heavy atom. The highest BCUT2D eigenvalue weighted by Crippen LogP contribution is 2.26. The molecule has 0 spiro atoms. The number of aromatic nitrogens is 1. The minimum Gasteiger partial charge on any atom is -0.490 e. The van der Waals surface area contributed by atoms with Crippen molar-refractivity contribution in [3.05, 3.63) is 30.0 Å². The predicted octanol–water partition coefficient (Wildman–Crippen LogP) is 3.27. The van der Waals surface area contributed by atoms with E-state index < -0.39 is 18.7 Å². The molecule has 5 nitrogen and oxygen atoms in total. The Bertz CT molecular complexity index is 734. The molecule has 0 amide bonds. The van der Waals surface area contributed by atoms with E-state index in [4.69, 9.17) is 9.84 Å². The molecule has 0 atom stereocenters. The molecule has 1 aromatic carbocycles. The van der Waals surface area contributed by atoms with Gasteiger partial charge in [-0.3, -0.25) is 4.90 Å². The lowest BCUT2D eigenvalue weighted by Gasteiger charge is -2.32. The lowest BCUT2D eigenvalue weighted by molar-refractivity contribution is -0.149. The van der Waals surface area contributed by atoms with Gasteiger partial charge in [-0.05, 0) is 37.1 Å². The Hall–Kier alpha value is -2.22. The number of nitrogens with zero attached hydrogens (tertiary/aromatic N) is 1. The van der Waals surface area contributed by atoms with Crippen LogP contribution in [0, 0.1) is 0 Å². The fraction of sp³-hybridized carbons (Fsp3) is 0.438. The topological polar surface area (TPSA) is 65.6 Å². The summed E-state index contributed by atoms with van der Waals surface area (Å²) >= 11 is 0. The number of nitrogens with one attached hydrogen (secondary N) is 1. The summed E-state index contributed by atoms with van der Waals surface area (Å²) in [6.07, 6.45) is -3.25. The smallest absolute Gasteiger partial charge is 0.401 e. The Morgan fingerprint density at radius 1 is 1.29 bits per heavy atom. The molecule has 0 radical (unpaired) electrons. The number of benzene rings is 1. The first-order chi connectivity index (χ1) is 11.3. The maximum Gasteiger partial charge on any atom is 0.401 e. The SMILES string of the molecule is O=C(O)c1cc2cc(OC3CCN(CC(F)(F)F)CC3)ccc2[nH]1. The van der Waals surface area contributed by atoms with Crippen LogP contribution >= 0.6 is 0 Å². The number of piperidine rings is 1. The summed E-state index contributed by atoms with van der Waals surface area (Å²) in [6.45, 7) is -0.188. The maximum absolute atomic E-state index is 12.4. The quantitative estimate of drug-likeness (QED) is 0.895. The molecule has 0 bridgehead atoms. The Kier molecular flexibility index (Phi) is 4.40. The van der Waals surface area contributed by atoms with Crippen molar-refractivity contribution in [2.24, 2.45) is 0 Å². The molecule has 0 aliphatic carbocycles. The first-order valence-corrected chi connectivity index (χ1v) is 7.62. The summed E-state index contributed by atoms with van der Waals surface area (Å²) in [5, 5.41) is 9.70. The molecule has 2 N–H and O–H groups in total. The summed E-state index contributed by atoms with van der Waals surface area (Å²) < 4.78 is 43.0. The molecule has 8 heteroatoms. The van der Waals surface area contributed by atoms with E-state index in [-0.39, 0.29) is 11.8 Å². The highest BCUT2D eigenvalue weighted by atomic mass is 19.4. The van der Waals surface area contributed by atoms with Gasteiger partial charge in [0.15, 0.2) is 0 Å². The van der Waals surface area contributed by atoms with Crippen molar-refractivity contribution in [2.45, 2.75) is 25.1 Å². The fourth-order valence-corrected chi connectivity index (χ4v) is 2.93. The van der Waals surface area contributed by atoms with Gasteiger partial charge in [0.25, 0.3) is 0 Å². The van der Waals surface area contributed by atoms with Gasteiger partial charge in [-0.2, -0.15) is 13.2 Å². The average Bonchev–Trinajstić information content (AvgIpc) is 2.91. The average molecular weight is 342 g/mol. The van der Waals surface area contributed by atoms with Crippen LogP contribution in [-0.2, 0) is 0 Å². The number of aromatic amines is 1. The van der Waals surface area contributed by atoms with Crippen molar-refractivity contribution in [3.63, 3.8) is 0 Å². The molecule has 130 valence electrons. The number of carbonyl (C=O) groups is 1. The van der Waals surface area contributed by atoms with Gasteiger partial charge in [0.2, 0.25) is 0 Å². The molecule has 3 rings (SSSR count). The molecule has 0 unspecified atom stereocenters. The van der Waals surface area contributed by atoms with E-state index in [1.807, 2.05) is 0 Å². The van der Waals surface area contributed by atoms with Crippen molar-refractivity contribution < 1.29 is 27.8 Å². The van der Waals surface area contributed by atoms with Crippen molar-refractivity contribution in [1.29, 1.82) is 0 Å². The minimum absolute atomic E-state index is 0.0996. The van der Waals surface area contributed by atoms with Crippen LogP contribution in [0.15, 0.2) is 24.3 Å². The van der Waals surface area contributed by atoms with Gasteiger partial charge in [-0.1, -0.05) is 0 Å². The van der Waals surface area contributed by atoms with E-state index in [1.165, 1.54) is 11.0 Å². The van der Waals surface area contributed by atoms with Crippen molar-refractivity contribution in [1.82, 2.24) is 9.88 Å². The number of likely N-dealkylation sites (tertiary alicyclic amines) is 1. The molecule has 1 saturated heterocycles. The Labute approximate surface area is 136 Å². The monoisotopic (exact) mass is 342 g/mol. The zero-order valence-electron chi connectivity index (χ0n) is 12.8. The Morgan fingerprint density at radius 3 is 2.62 bits per heavy atom. The highest BCUT2D eigenvalue weighted by Gasteiger charge is 2.32. The zero-order valence-corrected chi connectivity index (χ0v) is 12.8. The number of rotatable bonds is 4. The van der Waals surface area contributed by atoms with E-state index in [0.717, 1.165) is 5.39 Å². The molecule has 1 aliphatic heterocycles.